The van der Waals surface area contributed by atoms with E-state index >= 15 is 0 Å². The number of amides is 2. The van der Waals surface area contributed by atoms with Crippen molar-refractivity contribution in [3.05, 3.63) is 54.1 Å². The minimum Gasteiger partial charge on any atom is -0.457 e. The Kier molecular flexibility index (Phi) is 4.41. The number of anilines is 1. The zero-order valence-electron chi connectivity index (χ0n) is 15.1. The maximum absolute atomic E-state index is 12.8. The van der Waals surface area contributed by atoms with E-state index < -0.39 is 0 Å². The topological polar surface area (TPSA) is 70.4 Å². The molecular weight excluding hydrogens is 340 g/mol. The monoisotopic (exact) mass is 360 g/mol. The number of hydrogen-bond donors (Lipinski definition) is 0. The highest BCUT2D eigenvalue weighted by molar-refractivity contribution is 6.22. The molecule has 0 unspecified atom stereocenters. The summed E-state index contributed by atoms with van der Waals surface area (Å²) in [6.07, 6.45) is 2.60. The van der Waals surface area contributed by atoms with Crippen molar-refractivity contribution in [1.82, 2.24) is 0 Å². The number of nitrogens with zero attached hydrogens (tertiary/aromatic N) is 2. The Morgan fingerprint density at radius 3 is 2.15 bits per heavy atom. The molecule has 2 fully saturated rings. The van der Waals surface area contributed by atoms with E-state index in [2.05, 4.69) is 13.0 Å². The number of imide groups is 1. The number of nitriles is 1. The second-order valence-electron chi connectivity index (χ2n) is 7.38. The molecule has 5 heteroatoms. The van der Waals surface area contributed by atoms with Crippen molar-refractivity contribution in [2.24, 2.45) is 17.8 Å². The fourth-order valence-corrected chi connectivity index (χ4v) is 4.04. The first-order chi connectivity index (χ1) is 13.1. The molecule has 0 aromatic heterocycles. The summed E-state index contributed by atoms with van der Waals surface area (Å²) in [4.78, 5) is 26.9. The van der Waals surface area contributed by atoms with Crippen molar-refractivity contribution in [3.63, 3.8) is 0 Å². The number of benzene rings is 2. The zero-order valence-corrected chi connectivity index (χ0v) is 15.1. The van der Waals surface area contributed by atoms with Crippen molar-refractivity contribution < 1.29 is 14.3 Å². The Morgan fingerprint density at radius 1 is 0.926 bits per heavy atom. The van der Waals surface area contributed by atoms with Gasteiger partial charge in [-0.15, -0.1) is 0 Å². The van der Waals surface area contributed by atoms with Gasteiger partial charge in [-0.2, -0.15) is 5.26 Å². The van der Waals surface area contributed by atoms with Gasteiger partial charge in [-0.1, -0.05) is 6.92 Å². The molecule has 0 bridgehead atoms. The first-order valence-corrected chi connectivity index (χ1v) is 9.22. The highest BCUT2D eigenvalue weighted by Gasteiger charge is 2.49. The molecule has 1 heterocycles. The Bertz CT molecular complexity index is 912. The summed E-state index contributed by atoms with van der Waals surface area (Å²) >= 11 is 0. The Balaban J connectivity index is 1.51. The third-order valence-electron chi connectivity index (χ3n) is 5.50. The van der Waals surface area contributed by atoms with Crippen LogP contribution in [0.15, 0.2) is 48.5 Å². The molecule has 1 aliphatic heterocycles. The van der Waals surface area contributed by atoms with Crippen LogP contribution in [0.2, 0.25) is 0 Å². The Labute approximate surface area is 158 Å². The normalized spacial score (nSPS) is 24.4. The lowest BCUT2D eigenvalue weighted by Gasteiger charge is -2.25. The van der Waals surface area contributed by atoms with E-state index in [1.54, 1.807) is 48.5 Å². The maximum Gasteiger partial charge on any atom is 0.237 e. The minimum atomic E-state index is -0.171. The van der Waals surface area contributed by atoms with E-state index in [1.165, 1.54) is 4.90 Å². The second kappa shape index (κ2) is 6.88. The molecule has 1 aliphatic carbocycles. The summed E-state index contributed by atoms with van der Waals surface area (Å²) < 4.78 is 5.76. The largest absolute Gasteiger partial charge is 0.457 e. The summed E-state index contributed by atoms with van der Waals surface area (Å²) in [6, 6.07) is 15.9. The van der Waals surface area contributed by atoms with Crippen LogP contribution >= 0.6 is 0 Å². The van der Waals surface area contributed by atoms with E-state index in [-0.39, 0.29) is 23.7 Å². The molecule has 136 valence electrons. The third kappa shape index (κ3) is 3.19. The standard InChI is InChI=1S/C22H20N2O3/c1-14-2-11-19-20(12-14)22(26)24(21(19)25)16-5-9-18(10-6-16)27-17-7-3-15(13-23)4-8-17/h3-10,14,19-20H,2,11-12H2,1H3/t14-,19-,20+/m0/s1. The van der Waals surface area contributed by atoms with Crippen LogP contribution in [-0.2, 0) is 9.59 Å². The number of carbonyl (C=O) groups is 2. The predicted octanol–water partition coefficient (Wildman–Crippen LogP) is 4.28. The van der Waals surface area contributed by atoms with Crippen LogP contribution in [0.25, 0.3) is 0 Å². The first-order valence-electron chi connectivity index (χ1n) is 9.22. The molecule has 0 spiro atoms. The Hall–Kier alpha value is -3.13. The smallest absolute Gasteiger partial charge is 0.237 e. The van der Waals surface area contributed by atoms with Crippen LogP contribution in [0.1, 0.15) is 31.7 Å². The van der Waals surface area contributed by atoms with Gasteiger partial charge in [-0.05, 0) is 73.7 Å². The zero-order chi connectivity index (χ0) is 19.0. The molecule has 27 heavy (non-hydrogen) atoms. The van der Waals surface area contributed by atoms with Gasteiger partial charge in [0, 0.05) is 0 Å². The first kappa shape index (κ1) is 17.3. The van der Waals surface area contributed by atoms with Crippen molar-refractivity contribution in [3.8, 4) is 17.6 Å². The van der Waals surface area contributed by atoms with Crippen LogP contribution in [0.5, 0.6) is 11.5 Å². The van der Waals surface area contributed by atoms with Gasteiger partial charge in [-0.25, -0.2) is 0 Å². The van der Waals surface area contributed by atoms with E-state index in [9.17, 15) is 9.59 Å². The molecule has 3 atom stereocenters. The number of ether oxygens (including phenoxy) is 1. The van der Waals surface area contributed by atoms with E-state index in [1.807, 2.05) is 0 Å². The minimum absolute atomic E-state index is 0.0716. The van der Waals surface area contributed by atoms with Crippen LogP contribution in [0.3, 0.4) is 0 Å². The second-order valence-corrected chi connectivity index (χ2v) is 7.38. The van der Waals surface area contributed by atoms with Gasteiger partial charge >= 0.3 is 0 Å². The molecule has 1 saturated heterocycles. The maximum atomic E-state index is 12.8. The highest BCUT2D eigenvalue weighted by atomic mass is 16.5. The fourth-order valence-electron chi connectivity index (χ4n) is 4.04. The summed E-state index contributed by atoms with van der Waals surface area (Å²) in [5, 5.41) is 8.84. The van der Waals surface area contributed by atoms with Crippen molar-refractivity contribution in [2.45, 2.75) is 26.2 Å². The number of hydrogen-bond acceptors (Lipinski definition) is 4. The highest BCUT2D eigenvalue weighted by Crippen LogP contribution is 2.42. The lowest BCUT2D eigenvalue weighted by molar-refractivity contribution is -0.122. The molecule has 4 rings (SSSR count). The van der Waals surface area contributed by atoms with Gasteiger partial charge in [-0.3, -0.25) is 14.5 Å². The van der Waals surface area contributed by atoms with E-state index in [0.717, 1.165) is 19.3 Å². The average molecular weight is 360 g/mol. The SMILES string of the molecule is C[C@H]1CC[C@@H]2C(=O)N(c3ccc(Oc4ccc(C#N)cc4)cc3)C(=O)[C@@H]2C1. The van der Waals surface area contributed by atoms with Gasteiger partial charge in [0.1, 0.15) is 11.5 Å². The molecular formula is C22H20N2O3. The van der Waals surface area contributed by atoms with E-state index in [0.29, 0.717) is 28.7 Å². The van der Waals surface area contributed by atoms with Gasteiger partial charge < -0.3 is 4.74 Å². The summed E-state index contributed by atoms with van der Waals surface area (Å²) in [5.74, 6) is 1.24. The quantitative estimate of drug-likeness (QED) is 0.766. The van der Waals surface area contributed by atoms with Crippen molar-refractivity contribution in [2.75, 3.05) is 4.90 Å². The van der Waals surface area contributed by atoms with Crippen molar-refractivity contribution >= 4 is 17.5 Å². The van der Waals surface area contributed by atoms with E-state index in [4.69, 9.17) is 10.00 Å². The van der Waals surface area contributed by atoms with Crippen LogP contribution in [0.4, 0.5) is 5.69 Å². The molecule has 2 amide bonds. The van der Waals surface area contributed by atoms with Gasteiger partial charge in [0.2, 0.25) is 11.8 Å². The molecule has 1 saturated carbocycles. The van der Waals surface area contributed by atoms with Gasteiger partial charge in [0.05, 0.1) is 29.2 Å². The molecule has 5 nitrogen and oxygen atoms in total. The number of fused-ring (bicyclic) bond motifs is 1. The summed E-state index contributed by atoms with van der Waals surface area (Å²) in [6.45, 7) is 2.14. The lowest BCUT2D eigenvalue weighted by atomic mass is 9.76. The predicted molar refractivity (Wildman–Crippen MR) is 100 cm³/mol. The average Bonchev–Trinajstić information content (AvgIpc) is 2.93. The number of rotatable bonds is 3. The molecule has 2 aliphatic rings. The summed E-state index contributed by atoms with van der Waals surface area (Å²) in [7, 11) is 0. The van der Waals surface area contributed by atoms with Crippen LogP contribution < -0.4 is 9.64 Å². The van der Waals surface area contributed by atoms with Gasteiger partial charge in [0.15, 0.2) is 0 Å². The fraction of sp³-hybridized carbons (Fsp3) is 0.318. The van der Waals surface area contributed by atoms with Crippen LogP contribution in [-0.4, -0.2) is 11.8 Å². The van der Waals surface area contributed by atoms with Crippen molar-refractivity contribution in [1.29, 1.82) is 5.26 Å². The molecule has 0 N–H and O–H groups in total. The third-order valence-corrected chi connectivity index (χ3v) is 5.50. The summed E-state index contributed by atoms with van der Waals surface area (Å²) in [5.41, 5.74) is 1.17. The van der Waals surface area contributed by atoms with Gasteiger partial charge in [0.25, 0.3) is 0 Å². The molecule has 2 aromatic rings. The molecule has 2 aromatic carbocycles. The van der Waals surface area contributed by atoms with Crippen LogP contribution in [0, 0.1) is 29.1 Å². The molecule has 0 radical (unpaired) electrons. The lowest BCUT2D eigenvalue weighted by Crippen LogP contribution is -2.30. The number of carbonyl (C=O) groups excluding carboxylic acids is 2. The Morgan fingerprint density at radius 2 is 1.52 bits per heavy atom.